The number of nitrogens with zero attached hydrogens (tertiary/aromatic N) is 4. The molecular formula is C19H15N5O5S2. The summed E-state index contributed by atoms with van der Waals surface area (Å²) in [5, 5.41) is 24.1. The second-order valence-corrected chi connectivity index (χ2v) is 7.31. The highest BCUT2D eigenvalue weighted by atomic mass is 32.2. The summed E-state index contributed by atoms with van der Waals surface area (Å²) >= 11 is 2.33. The monoisotopic (exact) mass is 457 g/mol. The van der Waals surface area contributed by atoms with Crippen LogP contribution in [0.15, 0.2) is 45.5 Å². The molecule has 0 aliphatic carbocycles. The number of nitrogens with one attached hydrogen (secondary N) is 1. The first-order valence-corrected chi connectivity index (χ1v) is 10.8. The van der Waals surface area contributed by atoms with Crippen LogP contribution in [-0.4, -0.2) is 33.1 Å². The summed E-state index contributed by atoms with van der Waals surface area (Å²) in [5.74, 6) is 0.102. The minimum absolute atomic E-state index is 0.185. The third kappa shape index (κ3) is 5.27. The van der Waals surface area contributed by atoms with Gasteiger partial charge in [0.25, 0.3) is 11.6 Å². The number of benzene rings is 1. The smallest absolute Gasteiger partial charge is 0.284 e. The molecule has 0 saturated carbocycles. The van der Waals surface area contributed by atoms with E-state index in [-0.39, 0.29) is 33.5 Å². The number of hydrogen-bond donors (Lipinski definition) is 1. The van der Waals surface area contributed by atoms with Gasteiger partial charge in [0.05, 0.1) is 23.2 Å². The van der Waals surface area contributed by atoms with Crippen LogP contribution in [0.2, 0.25) is 0 Å². The Bertz CT molecular complexity index is 1190. The third-order valence-electron chi connectivity index (χ3n) is 3.83. The van der Waals surface area contributed by atoms with E-state index < -0.39 is 10.8 Å². The van der Waals surface area contributed by atoms with Crippen molar-refractivity contribution in [1.29, 1.82) is 5.26 Å². The molecule has 0 spiro atoms. The van der Waals surface area contributed by atoms with Crippen molar-refractivity contribution in [2.75, 3.05) is 18.2 Å². The van der Waals surface area contributed by atoms with Gasteiger partial charge in [-0.15, -0.1) is 0 Å². The SMILES string of the molecule is CCOc1ccc(-c2ccc(C=C(C#N)C(=O)Nc3nc(SC)ns3)o2)c([N+](=O)[O-])c1. The fourth-order valence-electron chi connectivity index (χ4n) is 2.50. The number of anilines is 1. The maximum atomic E-state index is 12.4. The standard InChI is InChI=1S/C19H15N5O5S2/c1-3-28-12-4-6-14(15(9-12)24(26)27)16-7-5-13(29-16)8-11(10-20)17(25)21-18-22-19(30-2)23-31-18/h4-9H,3H2,1-2H3,(H,21,22,23,25). The van der Waals surface area contributed by atoms with Gasteiger partial charge in [-0.2, -0.15) is 14.6 Å². The Hall–Kier alpha value is -3.69. The molecule has 2 aromatic heterocycles. The average Bonchev–Trinajstić information content (AvgIpc) is 3.41. The molecule has 3 aromatic rings. The predicted octanol–water partition coefficient (Wildman–Crippen LogP) is 4.37. The molecule has 0 aliphatic rings. The molecule has 2 heterocycles. The second kappa shape index (κ2) is 9.88. The van der Waals surface area contributed by atoms with E-state index in [0.717, 1.165) is 11.5 Å². The summed E-state index contributed by atoms with van der Waals surface area (Å²) in [7, 11) is 0. The van der Waals surface area contributed by atoms with Gasteiger partial charge in [0, 0.05) is 17.6 Å². The van der Waals surface area contributed by atoms with E-state index in [2.05, 4.69) is 14.7 Å². The summed E-state index contributed by atoms with van der Waals surface area (Å²) in [4.78, 5) is 27.4. The van der Waals surface area contributed by atoms with E-state index in [1.54, 1.807) is 19.2 Å². The first kappa shape index (κ1) is 22.0. The van der Waals surface area contributed by atoms with Gasteiger partial charge in [-0.05, 0) is 37.4 Å². The Balaban J connectivity index is 1.85. The molecule has 158 valence electrons. The fraction of sp³-hybridized carbons (Fsp3) is 0.158. The molecule has 0 aliphatic heterocycles. The number of carbonyl (C=O) groups is 1. The van der Waals surface area contributed by atoms with Gasteiger partial charge in [0.2, 0.25) is 10.3 Å². The number of nitriles is 1. The van der Waals surface area contributed by atoms with Crippen LogP contribution in [0.25, 0.3) is 17.4 Å². The molecular weight excluding hydrogens is 442 g/mol. The minimum atomic E-state index is -0.670. The van der Waals surface area contributed by atoms with E-state index in [4.69, 9.17) is 9.15 Å². The molecule has 1 aromatic carbocycles. The van der Waals surface area contributed by atoms with Gasteiger partial charge >= 0.3 is 0 Å². The zero-order valence-corrected chi connectivity index (χ0v) is 18.0. The van der Waals surface area contributed by atoms with Crippen molar-refractivity contribution in [3.63, 3.8) is 0 Å². The van der Waals surface area contributed by atoms with Gasteiger partial charge in [-0.3, -0.25) is 20.2 Å². The van der Waals surface area contributed by atoms with Crippen molar-refractivity contribution < 1.29 is 18.9 Å². The number of rotatable bonds is 8. The first-order valence-electron chi connectivity index (χ1n) is 8.77. The van der Waals surface area contributed by atoms with Gasteiger partial charge in [-0.25, -0.2) is 0 Å². The van der Waals surface area contributed by atoms with Crippen LogP contribution >= 0.6 is 23.3 Å². The Morgan fingerprint density at radius 1 is 1.45 bits per heavy atom. The highest BCUT2D eigenvalue weighted by molar-refractivity contribution is 7.98. The Morgan fingerprint density at radius 3 is 2.90 bits per heavy atom. The van der Waals surface area contributed by atoms with Crippen LogP contribution in [-0.2, 0) is 4.79 Å². The molecule has 0 saturated heterocycles. The lowest BCUT2D eigenvalue weighted by atomic mass is 10.1. The highest BCUT2D eigenvalue weighted by Crippen LogP contribution is 2.34. The quantitative estimate of drug-likeness (QED) is 0.171. The maximum absolute atomic E-state index is 12.4. The number of nitro benzene ring substituents is 1. The Labute approximate surface area is 184 Å². The lowest BCUT2D eigenvalue weighted by Gasteiger charge is -2.05. The summed E-state index contributed by atoms with van der Waals surface area (Å²) in [6.07, 6.45) is 3.05. The van der Waals surface area contributed by atoms with Crippen LogP contribution in [0.3, 0.4) is 0 Å². The molecule has 3 rings (SSSR count). The zero-order valence-electron chi connectivity index (χ0n) is 16.3. The lowest BCUT2D eigenvalue weighted by molar-refractivity contribution is -0.384. The van der Waals surface area contributed by atoms with Crippen LogP contribution in [0.1, 0.15) is 12.7 Å². The highest BCUT2D eigenvalue weighted by Gasteiger charge is 2.20. The second-order valence-electron chi connectivity index (χ2n) is 5.78. The van der Waals surface area contributed by atoms with Gasteiger partial charge in [0.1, 0.15) is 28.9 Å². The van der Waals surface area contributed by atoms with Crippen molar-refractivity contribution in [1.82, 2.24) is 9.36 Å². The summed E-state index contributed by atoms with van der Waals surface area (Å²) < 4.78 is 15.0. The molecule has 0 fully saturated rings. The zero-order chi connectivity index (χ0) is 22.4. The Kier molecular flexibility index (Phi) is 7.01. The summed E-state index contributed by atoms with van der Waals surface area (Å²) in [6.45, 7) is 2.15. The molecule has 0 unspecified atom stereocenters. The molecule has 0 radical (unpaired) electrons. The van der Waals surface area contributed by atoms with E-state index in [1.165, 1.54) is 42.1 Å². The van der Waals surface area contributed by atoms with Crippen molar-refractivity contribution >= 4 is 46.1 Å². The van der Waals surface area contributed by atoms with Gasteiger partial charge < -0.3 is 9.15 Å². The Morgan fingerprint density at radius 2 is 2.26 bits per heavy atom. The number of nitro groups is 1. The maximum Gasteiger partial charge on any atom is 0.284 e. The molecule has 0 atom stereocenters. The average molecular weight is 457 g/mol. The third-order valence-corrected chi connectivity index (χ3v) is 5.13. The number of furan rings is 1. The number of amides is 1. The van der Waals surface area contributed by atoms with Crippen LogP contribution in [0, 0.1) is 21.4 Å². The van der Waals surface area contributed by atoms with Crippen molar-refractivity contribution in [2.45, 2.75) is 12.1 Å². The lowest BCUT2D eigenvalue weighted by Crippen LogP contribution is -2.13. The van der Waals surface area contributed by atoms with Crippen molar-refractivity contribution in [2.24, 2.45) is 0 Å². The van der Waals surface area contributed by atoms with E-state index in [1.807, 2.05) is 6.07 Å². The number of ether oxygens (including phenoxy) is 1. The summed E-state index contributed by atoms with van der Waals surface area (Å²) in [6, 6.07) is 9.28. The van der Waals surface area contributed by atoms with Crippen LogP contribution < -0.4 is 10.1 Å². The normalized spacial score (nSPS) is 11.1. The first-order chi connectivity index (χ1) is 14.9. The predicted molar refractivity (Wildman–Crippen MR) is 116 cm³/mol. The number of carbonyl (C=O) groups excluding carboxylic acids is 1. The van der Waals surface area contributed by atoms with Crippen LogP contribution in [0.5, 0.6) is 5.75 Å². The largest absolute Gasteiger partial charge is 0.494 e. The number of aromatic nitrogens is 2. The molecule has 10 nitrogen and oxygen atoms in total. The molecule has 31 heavy (non-hydrogen) atoms. The van der Waals surface area contributed by atoms with Crippen molar-refractivity contribution in [3.05, 3.63) is 51.8 Å². The van der Waals surface area contributed by atoms with E-state index in [0.29, 0.717) is 17.5 Å². The van der Waals surface area contributed by atoms with E-state index >= 15 is 0 Å². The van der Waals surface area contributed by atoms with Crippen molar-refractivity contribution in [3.8, 4) is 23.1 Å². The topological polar surface area (TPSA) is 144 Å². The minimum Gasteiger partial charge on any atom is -0.494 e. The number of hydrogen-bond acceptors (Lipinski definition) is 10. The van der Waals surface area contributed by atoms with Crippen LogP contribution in [0.4, 0.5) is 10.8 Å². The molecule has 12 heteroatoms. The molecule has 1 N–H and O–H groups in total. The van der Waals surface area contributed by atoms with Gasteiger partial charge in [-0.1, -0.05) is 11.8 Å². The summed E-state index contributed by atoms with van der Waals surface area (Å²) in [5.41, 5.74) is -0.160. The fourth-order valence-corrected chi connectivity index (χ4v) is 3.62. The molecule has 1 amide bonds. The van der Waals surface area contributed by atoms with E-state index in [9.17, 15) is 20.2 Å². The van der Waals surface area contributed by atoms with Gasteiger partial charge in [0.15, 0.2) is 0 Å². The number of thioether (sulfide) groups is 1. The molecule has 0 bridgehead atoms.